The Bertz CT molecular complexity index is 481. The van der Waals surface area contributed by atoms with Crippen LogP contribution < -0.4 is 10.2 Å². The standard InChI is InChI=1S/C15H20N4/c1-3-16-10-14-4-5-15(18-11-14)19(2)12-13-6-8-17-9-7-13/h4-9,11,16H,3,10,12H2,1-2H3. The van der Waals surface area contributed by atoms with Gasteiger partial charge in [0.2, 0.25) is 0 Å². The van der Waals surface area contributed by atoms with Gasteiger partial charge in [-0.1, -0.05) is 13.0 Å². The summed E-state index contributed by atoms with van der Waals surface area (Å²) in [7, 11) is 2.05. The zero-order chi connectivity index (χ0) is 13.5. The average Bonchev–Trinajstić information content (AvgIpc) is 2.46. The maximum atomic E-state index is 4.50. The third kappa shape index (κ3) is 4.03. The minimum atomic E-state index is 0.835. The van der Waals surface area contributed by atoms with Crippen molar-refractivity contribution in [2.24, 2.45) is 0 Å². The fraction of sp³-hybridized carbons (Fsp3) is 0.333. The lowest BCUT2D eigenvalue weighted by atomic mass is 10.2. The lowest BCUT2D eigenvalue weighted by Gasteiger charge is -2.18. The number of hydrogen-bond acceptors (Lipinski definition) is 4. The number of nitrogens with one attached hydrogen (secondary N) is 1. The molecule has 0 radical (unpaired) electrons. The van der Waals surface area contributed by atoms with E-state index in [0.717, 1.165) is 25.5 Å². The van der Waals surface area contributed by atoms with E-state index in [9.17, 15) is 0 Å². The van der Waals surface area contributed by atoms with E-state index in [1.165, 1.54) is 11.1 Å². The Morgan fingerprint density at radius 1 is 1.11 bits per heavy atom. The van der Waals surface area contributed by atoms with Gasteiger partial charge in [-0.05, 0) is 35.9 Å². The monoisotopic (exact) mass is 256 g/mol. The first-order valence-electron chi connectivity index (χ1n) is 6.55. The van der Waals surface area contributed by atoms with E-state index >= 15 is 0 Å². The molecule has 100 valence electrons. The molecule has 2 rings (SSSR count). The van der Waals surface area contributed by atoms with E-state index in [1.54, 1.807) is 0 Å². The average molecular weight is 256 g/mol. The summed E-state index contributed by atoms with van der Waals surface area (Å²) in [5, 5.41) is 3.29. The van der Waals surface area contributed by atoms with Crippen molar-refractivity contribution in [1.29, 1.82) is 0 Å². The maximum absolute atomic E-state index is 4.50. The number of aromatic nitrogens is 2. The fourth-order valence-corrected chi connectivity index (χ4v) is 1.86. The summed E-state index contributed by atoms with van der Waals surface area (Å²) in [4.78, 5) is 10.7. The first kappa shape index (κ1) is 13.5. The largest absolute Gasteiger partial charge is 0.355 e. The van der Waals surface area contributed by atoms with Gasteiger partial charge in [0.1, 0.15) is 5.82 Å². The smallest absolute Gasteiger partial charge is 0.128 e. The molecule has 0 unspecified atom stereocenters. The van der Waals surface area contributed by atoms with E-state index in [-0.39, 0.29) is 0 Å². The van der Waals surface area contributed by atoms with Crippen molar-refractivity contribution in [2.75, 3.05) is 18.5 Å². The summed E-state index contributed by atoms with van der Waals surface area (Å²) in [5.74, 6) is 0.983. The van der Waals surface area contributed by atoms with Crippen molar-refractivity contribution in [2.45, 2.75) is 20.0 Å². The van der Waals surface area contributed by atoms with Crippen molar-refractivity contribution in [3.05, 3.63) is 54.0 Å². The van der Waals surface area contributed by atoms with Crippen molar-refractivity contribution in [1.82, 2.24) is 15.3 Å². The molecule has 0 aliphatic rings. The predicted molar refractivity (Wildman–Crippen MR) is 78.0 cm³/mol. The van der Waals surface area contributed by atoms with Gasteiger partial charge in [0.25, 0.3) is 0 Å². The SMILES string of the molecule is CCNCc1ccc(N(C)Cc2ccncc2)nc1. The second kappa shape index (κ2) is 6.85. The van der Waals surface area contributed by atoms with Crippen LogP contribution in [0.25, 0.3) is 0 Å². The van der Waals surface area contributed by atoms with Gasteiger partial charge in [-0.15, -0.1) is 0 Å². The Kier molecular flexibility index (Phi) is 4.86. The summed E-state index contributed by atoms with van der Waals surface area (Å²) in [6, 6.07) is 8.23. The Labute approximate surface area is 114 Å². The molecule has 0 saturated carbocycles. The highest BCUT2D eigenvalue weighted by Crippen LogP contribution is 2.12. The fourth-order valence-electron chi connectivity index (χ4n) is 1.86. The molecule has 2 aromatic rings. The van der Waals surface area contributed by atoms with Crippen LogP contribution in [0, 0.1) is 0 Å². The van der Waals surface area contributed by atoms with E-state index in [2.05, 4.69) is 39.2 Å². The second-order valence-electron chi connectivity index (χ2n) is 4.52. The van der Waals surface area contributed by atoms with Gasteiger partial charge in [-0.25, -0.2) is 4.98 Å². The lowest BCUT2D eigenvalue weighted by Crippen LogP contribution is -2.18. The van der Waals surface area contributed by atoms with Crippen LogP contribution in [0.5, 0.6) is 0 Å². The van der Waals surface area contributed by atoms with Crippen LogP contribution in [0.4, 0.5) is 5.82 Å². The third-order valence-electron chi connectivity index (χ3n) is 2.95. The van der Waals surface area contributed by atoms with E-state index in [4.69, 9.17) is 0 Å². The molecule has 0 atom stereocenters. The van der Waals surface area contributed by atoms with Crippen molar-refractivity contribution >= 4 is 5.82 Å². The molecule has 0 amide bonds. The Morgan fingerprint density at radius 2 is 1.89 bits per heavy atom. The first-order valence-corrected chi connectivity index (χ1v) is 6.55. The van der Waals surface area contributed by atoms with Crippen molar-refractivity contribution < 1.29 is 0 Å². The van der Waals surface area contributed by atoms with Gasteiger partial charge < -0.3 is 10.2 Å². The van der Waals surface area contributed by atoms with Crippen molar-refractivity contribution in [3.8, 4) is 0 Å². The van der Waals surface area contributed by atoms with Gasteiger partial charge in [-0.3, -0.25) is 4.98 Å². The lowest BCUT2D eigenvalue weighted by molar-refractivity contribution is 0.724. The highest BCUT2D eigenvalue weighted by Gasteiger charge is 2.03. The maximum Gasteiger partial charge on any atom is 0.128 e. The van der Waals surface area contributed by atoms with Gasteiger partial charge in [0.15, 0.2) is 0 Å². The molecular weight excluding hydrogens is 236 g/mol. The van der Waals surface area contributed by atoms with Gasteiger partial charge >= 0.3 is 0 Å². The minimum absolute atomic E-state index is 0.835. The number of anilines is 1. The molecule has 4 heteroatoms. The van der Waals surface area contributed by atoms with Crippen molar-refractivity contribution in [3.63, 3.8) is 0 Å². The number of pyridine rings is 2. The number of hydrogen-bond donors (Lipinski definition) is 1. The van der Waals surface area contributed by atoms with Crippen LogP contribution in [0.3, 0.4) is 0 Å². The molecule has 0 spiro atoms. The number of nitrogens with zero attached hydrogens (tertiary/aromatic N) is 3. The Balaban J connectivity index is 1.97. The highest BCUT2D eigenvalue weighted by molar-refractivity contribution is 5.39. The summed E-state index contributed by atoms with van der Waals surface area (Å²) in [6.45, 7) is 4.79. The van der Waals surface area contributed by atoms with E-state index in [1.807, 2.05) is 37.8 Å². The number of rotatable bonds is 6. The minimum Gasteiger partial charge on any atom is -0.355 e. The normalized spacial score (nSPS) is 10.4. The third-order valence-corrected chi connectivity index (χ3v) is 2.95. The van der Waals surface area contributed by atoms with Gasteiger partial charge in [-0.2, -0.15) is 0 Å². The molecule has 2 heterocycles. The van der Waals surface area contributed by atoms with Crippen LogP contribution in [-0.4, -0.2) is 23.6 Å². The van der Waals surface area contributed by atoms with Crippen LogP contribution in [0.15, 0.2) is 42.9 Å². The predicted octanol–water partition coefficient (Wildman–Crippen LogP) is 2.22. The molecule has 0 aliphatic heterocycles. The molecule has 1 N–H and O–H groups in total. The zero-order valence-corrected chi connectivity index (χ0v) is 11.5. The van der Waals surface area contributed by atoms with Crippen LogP contribution >= 0.6 is 0 Å². The molecule has 0 fully saturated rings. The summed E-state index contributed by atoms with van der Waals surface area (Å²) in [6.07, 6.45) is 5.56. The summed E-state index contributed by atoms with van der Waals surface area (Å²) >= 11 is 0. The van der Waals surface area contributed by atoms with Gasteiger partial charge in [0.05, 0.1) is 0 Å². The molecule has 19 heavy (non-hydrogen) atoms. The highest BCUT2D eigenvalue weighted by atomic mass is 15.2. The molecule has 0 aliphatic carbocycles. The molecule has 0 saturated heterocycles. The Morgan fingerprint density at radius 3 is 2.53 bits per heavy atom. The quantitative estimate of drug-likeness (QED) is 0.860. The van der Waals surface area contributed by atoms with Gasteiger partial charge in [0, 0.05) is 38.7 Å². The molecule has 0 aromatic carbocycles. The molecule has 0 bridgehead atoms. The van der Waals surface area contributed by atoms with Crippen LogP contribution in [0.1, 0.15) is 18.1 Å². The second-order valence-corrected chi connectivity index (χ2v) is 4.52. The topological polar surface area (TPSA) is 41.0 Å². The summed E-state index contributed by atoms with van der Waals surface area (Å²) in [5.41, 5.74) is 2.44. The van der Waals surface area contributed by atoms with E-state index < -0.39 is 0 Å². The van der Waals surface area contributed by atoms with Crippen LogP contribution in [-0.2, 0) is 13.1 Å². The van der Waals surface area contributed by atoms with E-state index in [0.29, 0.717) is 0 Å². The molecular formula is C15H20N4. The summed E-state index contributed by atoms with van der Waals surface area (Å²) < 4.78 is 0. The molecule has 2 aromatic heterocycles. The molecule has 4 nitrogen and oxygen atoms in total. The van der Waals surface area contributed by atoms with Crippen LogP contribution in [0.2, 0.25) is 0 Å². The first-order chi connectivity index (χ1) is 9.29. The Hall–Kier alpha value is -1.94. The zero-order valence-electron chi connectivity index (χ0n) is 11.5.